The molecule has 8 nitrogen and oxygen atoms in total. The van der Waals surface area contributed by atoms with E-state index in [1.165, 1.54) is 22.5 Å². The van der Waals surface area contributed by atoms with E-state index in [0.29, 0.717) is 28.8 Å². The average Bonchev–Trinajstić information content (AvgIpc) is 3.23. The highest BCUT2D eigenvalue weighted by Gasteiger charge is 2.43. The summed E-state index contributed by atoms with van der Waals surface area (Å²) >= 11 is 1.48. The Morgan fingerprint density at radius 1 is 1.36 bits per heavy atom. The van der Waals surface area contributed by atoms with E-state index in [1.807, 2.05) is 0 Å². The zero-order valence-electron chi connectivity index (χ0n) is 13.0. The third-order valence-corrected chi connectivity index (χ3v) is 5.60. The molecule has 1 aliphatic heterocycles. The van der Waals surface area contributed by atoms with Crippen molar-refractivity contribution in [3.63, 3.8) is 0 Å². The van der Waals surface area contributed by atoms with Gasteiger partial charge in [-0.25, -0.2) is 9.31 Å². The summed E-state index contributed by atoms with van der Waals surface area (Å²) in [6.45, 7) is 0. The van der Waals surface area contributed by atoms with Crippen molar-refractivity contribution < 1.29 is 14.7 Å². The fourth-order valence-corrected chi connectivity index (χ4v) is 4.34. The van der Waals surface area contributed by atoms with Crippen LogP contribution in [0.2, 0.25) is 0 Å². The second-order valence-corrected chi connectivity index (χ2v) is 7.04. The Hall–Kier alpha value is -2.81. The van der Waals surface area contributed by atoms with Crippen LogP contribution >= 0.6 is 11.8 Å². The van der Waals surface area contributed by atoms with Gasteiger partial charge in [0.2, 0.25) is 0 Å². The smallest absolute Gasteiger partial charge is 0.330 e. The number of fused-ring (bicyclic) bond motifs is 3. The minimum Gasteiger partial charge on any atom is -0.479 e. The van der Waals surface area contributed by atoms with Gasteiger partial charge >= 0.3 is 5.97 Å². The number of aromatic amines is 1. The predicted molar refractivity (Wildman–Crippen MR) is 93.1 cm³/mol. The number of carboxylic acid groups (broad SMARTS) is 1. The van der Waals surface area contributed by atoms with Crippen LogP contribution in [-0.2, 0) is 4.79 Å². The largest absolute Gasteiger partial charge is 0.479 e. The number of benzene rings is 1. The summed E-state index contributed by atoms with van der Waals surface area (Å²) in [5.74, 6) is -0.637. The lowest BCUT2D eigenvalue weighted by Crippen LogP contribution is -2.54. The lowest BCUT2D eigenvalue weighted by atomic mass is 9.99. The maximum atomic E-state index is 12.7. The standard InChI is InChI=1S/C16H14N4O4S/c21-13-9-3-1-2-4-11(9)20-12(18-13)10(7-17-20)14(22)19-16(15(23)24)5-6-25-8-16/h1-4,7H,5-6,8H2,(H,18,21)(H,19,22)(H,23,24). The molecule has 1 saturated heterocycles. The van der Waals surface area contributed by atoms with Crippen LogP contribution < -0.4 is 10.9 Å². The summed E-state index contributed by atoms with van der Waals surface area (Å²) < 4.78 is 1.47. The van der Waals surface area contributed by atoms with E-state index in [2.05, 4.69) is 15.4 Å². The molecule has 3 heterocycles. The molecule has 2 aromatic heterocycles. The fourth-order valence-electron chi connectivity index (χ4n) is 3.01. The summed E-state index contributed by atoms with van der Waals surface area (Å²) in [6, 6.07) is 6.93. The molecule has 3 N–H and O–H groups in total. The number of aliphatic carboxylic acids is 1. The van der Waals surface area contributed by atoms with E-state index in [4.69, 9.17) is 0 Å². The molecular formula is C16H14N4O4S. The quantitative estimate of drug-likeness (QED) is 0.640. The van der Waals surface area contributed by atoms with Crippen LogP contribution in [0.1, 0.15) is 16.8 Å². The third-order valence-electron chi connectivity index (χ3n) is 4.41. The Morgan fingerprint density at radius 3 is 2.88 bits per heavy atom. The topological polar surface area (TPSA) is 117 Å². The summed E-state index contributed by atoms with van der Waals surface area (Å²) in [5.41, 5.74) is -0.660. The lowest BCUT2D eigenvalue weighted by Gasteiger charge is -2.24. The van der Waals surface area contributed by atoms with E-state index >= 15 is 0 Å². The van der Waals surface area contributed by atoms with Gasteiger partial charge in [-0.1, -0.05) is 12.1 Å². The molecule has 1 aliphatic rings. The van der Waals surface area contributed by atoms with E-state index < -0.39 is 17.4 Å². The monoisotopic (exact) mass is 358 g/mol. The van der Waals surface area contributed by atoms with Crippen LogP contribution in [0.15, 0.2) is 35.3 Å². The number of carbonyl (C=O) groups is 2. The molecule has 0 aliphatic carbocycles. The number of thioether (sulfide) groups is 1. The van der Waals surface area contributed by atoms with Gasteiger partial charge in [-0.2, -0.15) is 16.9 Å². The van der Waals surface area contributed by atoms with Crippen molar-refractivity contribution in [2.24, 2.45) is 0 Å². The van der Waals surface area contributed by atoms with Gasteiger partial charge in [0.25, 0.3) is 11.5 Å². The zero-order valence-corrected chi connectivity index (χ0v) is 13.8. The summed E-state index contributed by atoms with van der Waals surface area (Å²) in [5, 5.41) is 16.8. The van der Waals surface area contributed by atoms with Crippen molar-refractivity contribution >= 4 is 40.2 Å². The second kappa shape index (κ2) is 5.62. The molecular weight excluding hydrogens is 344 g/mol. The molecule has 1 atom stereocenters. The highest BCUT2D eigenvalue weighted by atomic mass is 32.2. The number of rotatable bonds is 3. The third kappa shape index (κ3) is 2.39. The van der Waals surface area contributed by atoms with Crippen molar-refractivity contribution in [1.29, 1.82) is 0 Å². The summed E-state index contributed by atoms with van der Waals surface area (Å²) in [4.78, 5) is 39.2. The van der Waals surface area contributed by atoms with Gasteiger partial charge in [0, 0.05) is 5.75 Å². The molecule has 1 amide bonds. The minimum absolute atomic E-state index is 0.139. The van der Waals surface area contributed by atoms with Crippen LogP contribution in [0.4, 0.5) is 0 Å². The molecule has 4 rings (SSSR count). The Balaban J connectivity index is 1.81. The highest BCUT2D eigenvalue weighted by molar-refractivity contribution is 7.99. The first-order valence-corrected chi connectivity index (χ1v) is 8.80. The number of hydrogen-bond acceptors (Lipinski definition) is 5. The highest BCUT2D eigenvalue weighted by Crippen LogP contribution is 2.29. The fraction of sp³-hybridized carbons (Fsp3) is 0.250. The van der Waals surface area contributed by atoms with Crippen LogP contribution in [0, 0.1) is 0 Å². The number of amides is 1. The molecule has 0 saturated carbocycles. The zero-order chi connectivity index (χ0) is 17.6. The molecule has 1 unspecified atom stereocenters. The van der Waals surface area contributed by atoms with Gasteiger partial charge in [-0.05, 0) is 24.3 Å². The lowest BCUT2D eigenvalue weighted by molar-refractivity contribution is -0.143. The van der Waals surface area contributed by atoms with E-state index in [0.717, 1.165) is 0 Å². The number of aromatic nitrogens is 3. The normalized spacial score (nSPS) is 20.2. The van der Waals surface area contributed by atoms with Gasteiger partial charge in [0.15, 0.2) is 0 Å². The van der Waals surface area contributed by atoms with Crippen molar-refractivity contribution in [2.45, 2.75) is 12.0 Å². The number of carbonyl (C=O) groups excluding carboxylic acids is 1. The first-order valence-electron chi connectivity index (χ1n) is 7.64. The van der Waals surface area contributed by atoms with Crippen LogP contribution in [0.3, 0.4) is 0 Å². The average molecular weight is 358 g/mol. The van der Waals surface area contributed by atoms with Gasteiger partial charge in [0.05, 0.1) is 17.1 Å². The van der Waals surface area contributed by atoms with Gasteiger partial charge in [-0.15, -0.1) is 0 Å². The van der Waals surface area contributed by atoms with Crippen molar-refractivity contribution in [2.75, 3.05) is 11.5 Å². The molecule has 1 aromatic carbocycles. The van der Waals surface area contributed by atoms with Crippen LogP contribution in [-0.4, -0.2) is 48.6 Å². The summed E-state index contributed by atoms with van der Waals surface area (Å²) in [6.07, 6.45) is 1.70. The molecule has 9 heteroatoms. The Labute approximate surface area is 145 Å². The Bertz CT molecular complexity index is 1060. The minimum atomic E-state index is -1.28. The number of nitrogens with zero attached hydrogens (tertiary/aromatic N) is 2. The van der Waals surface area contributed by atoms with Gasteiger partial charge in [-0.3, -0.25) is 9.59 Å². The Morgan fingerprint density at radius 2 is 2.16 bits per heavy atom. The number of carboxylic acids is 1. The number of nitrogens with one attached hydrogen (secondary N) is 2. The van der Waals surface area contributed by atoms with Crippen LogP contribution in [0.5, 0.6) is 0 Å². The number of para-hydroxylation sites is 1. The van der Waals surface area contributed by atoms with Gasteiger partial charge in [0.1, 0.15) is 16.7 Å². The molecule has 25 heavy (non-hydrogen) atoms. The van der Waals surface area contributed by atoms with E-state index in [9.17, 15) is 19.5 Å². The maximum absolute atomic E-state index is 12.7. The van der Waals surface area contributed by atoms with E-state index in [-0.39, 0.29) is 16.8 Å². The number of hydrogen-bond donors (Lipinski definition) is 3. The van der Waals surface area contributed by atoms with Crippen molar-refractivity contribution in [3.8, 4) is 0 Å². The maximum Gasteiger partial charge on any atom is 0.330 e. The first kappa shape index (κ1) is 15.7. The molecule has 128 valence electrons. The predicted octanol–water partition coefficient (Wildman–Crippen LogP) is 0.866. The molecule has 0 bridgehead atoms. The molecule has 0 radical (unpaired) electrons. The molecule has 0 spiro atoms. The second-order valence-electron chi connectivity index (χ2n) is 5.93. The molecule has 1 fully saturated rings. The number of H-pyrrole nitrogens is 1. The van der Waals surface area contributed by atoms with Crippen molar-refractivity contribution in [3.05, 3.63) is 46.4 Å². The van der Waals surface area contributed by atoms with E-state index in [1.54, 1.807) is 24.3 Å². The Kier molecular flexibility index (Phi) is 3.53. The van der Waals surface area contributed by atoms with Crippen molar-refractivity contribution in [1.82, 2.24) is 19.9 Å². The SMILES string of the molecule is O=C(NC1(C(=O)O)CCSC1)c1cnn2c1[nH]c(=O)c1ccccc12. The molecule has 3 aromatic rings. The summed E-state index contributed by atoms with van der Waals surface area (Å²) in [7, 11) is 0. The first-order chi connectivity index (χ1) is 12.0. The van der Waals surface area contributed by atoms with Gasteiger partial charge < -0.3 is 15.4 Å². The van der Waals surface area contributed by atoms with Crippen LogP contribution in [0.25, 0.3) is 16.6 Å².